The van der Waals surface area contributed by atoms with Crippen LogP contribution in [0.15, 0.2) is 49.6 Å². The average Bonchev–Trinajstić information content (AvgIpc) is 2.48. The second-order valence-electron chi connectivity index (χ2n) is 3.93. The zero-order valence-electron chi connectivity index (χ0n) is 14.1. The Morgan fingerprint density at radius 1 is 1.04 bits per heavy atom. The van der Waals surface area contributed by atoms with Gasteiger partial charge in [0.05, 0.1) is 7.11 Å². The quantitative estimate of drug-likeness (QED) is 0.450. The smallest absolute Gasteiger partial charge is 0.503 e. The van der Waals surface area contributed by atoms with Crippen LogP contribution in [0.2, 0.25) is 0 Å². The lowest BCUT2D eigenvalue weighted by Crippen LogP contribution is -2.06. The third kappa shape index (κ3) is 33.9. The van der Waals surface area contributed by atoms with Crippen molar-refractivity contribution < 1.29 is 39.3 Å². The first-order chi connectivity index (χ1) is 11.6. The van der Waals surface area contributed by atoms with E-state index >= 15 is 0 Å². The van der Waals surface area contributed by atoms with Crippen LogP contribution in [0, 0.1) is 6.92 Å². The Balaban J connectivity index is -0.000000277. The molecule has 8 nitrogen and oxygen atoms in total. The topological polar surface area (TPSA) is 147 Å². The van der Waals surface area contributed by atoms with Gasteiger partial charge in [-0.1, -0.05) is 30.9 Å². The molecule has 142 valence electrons. The van der Waals surface area contributed by atoms with E-state index in [2.05, 4.69) is 20.1 Å². The van der Waals surface area contributed by atoms with Crippen molar-refractivity contribution in [3.8, 4) is 5.75 Å². The van der Waals surface area contributed by atoms with E-state index in [1.54, 1.807) is 19.3 Å². The van der Waals surface area contributed by atoms with Gasteiger partial charge in [0.1, 0.15) is 17.3 Å². The Morgan fingerprint density at radius 3 is 1.60 bits per heavy atom. The highest BCUT2D eigenvalue weighted by atomic mass is 32.2. The molecule has 0 radical (unpaired) electrons. The molecule has 0 fully saturated rings. The van der Waals surface area contributed by atoms with Gasteiger partial charge in [-0.25, -0.2) is 9.59 Å². The summed E-state index contributed by atoms with van der Waals surface area (Å²) >= 11 is -0.756. The molecule has 9 heteroatoms. The predicted molar refractivity (Wildman–Crippen MR) is 97.3 cm³/mol. The maximum absolute atomic E-state index is 10.6. The van der Waals surface area contributed by atoms with Crippen molar-refractivity contribution in [3.05, 3.63) is 55.1 Å². The largest absolute Gasteiger partial charge is 0.616 e. The van der Waals surface area contributed by atoms with Crippen molar-refractivity contribution in [2.24, 2.45) is 0 Å². The summed E-state index contributed by atoms with van der Waals surface area (Å²) in [6.07, 6.45) is -0.362. The van der Waals surface area contributed by atoms with Crippen LogP contribution in [-0.4, -0.2) is 55.9 Å². The van der Waals surface area contributed by atoms with E-state index in [1.165, 1.54) is 5.56 Å². The second-order valence-corrected chi connectivity index (χ2v) is 5.48. The zero-order valence-corrected chi connectivity index (χ0v) is 14.9. The van der Waals surface area contributed by atoms with Gasteiger partial charge in [0.25, 0.3) is 0 Å². The molecule has 0 heterocycles. The number of carboxylic acid groups (broad SMARTS) is 4. The summed E-state index contributed by atoms with van der Waals surface area (Å²) in [7, 11) is 1.67. The van der Waals surface area contributed by atoms with E-state index in [4.69, 9.17) is 34.8 Å². The Hall–Kier alpha value is -2.65. The molecule has 0 aliphatic heterocycles. The highest BCUT2D eigenvalue weighted by Crippen LogP contribution is 2.09. The van der Waals surface area contributed by atoms with Gasteiger partial charge in [-0.15, -0.1) is 0 Å². The fraction of sp³-hybridized carbons (Fsp3) is 0.250. The van der Waals surface area contributed by atoms with Crippen LogP contribution in [0.4, 0.5) is 9.59 Å². The van der Waals surface area contributed by atoms with Crippen LogP contribution in [-0.2, 0) is 11.2 Å². The summed E-state index contributed by atoms with van der Waals surface area (Å²) in [5.41, 5.74) is 1.26. The van der Waals surface area contributed by atoms with Crippen molar-refractivity contribution in [3.63, 3.8) is 0 Å². The normalized spacial score (nSPS) is 8.16. The van der Waals surface area contributed by atoms with Gasteiger partial charge in [-0.05, 0) is 42.4 Å². The Kier molecular flexibility index (Phi) is 21.1. The number of hydrogen-bond donors (Lipinski definition) is 4. The molecule has 0 saturated carbocycles. The molecule has 0 spiro atoms. The second kappa shape index (κ2) is 19.4. The summed E-state index contributed by atoms with van der Waals surface area (Å²) in [5, 5.41) is 27.9. The maximum atomic E-state index is 10.6. The molecule has 1 aromatic carbocycles. The average molecular weight is 376 g/mol. The highest BCUT2D eigenvalue weighted by Gasteiger charge is 1.95. The van der Waals surface area contributed by atoms with E-state index in [1.807, 2.05) is 24.3 Å². The molecule has 0 bridgehead atoms. The molecule has 0 aromatic heterocycles. The number of carbonyl (C=O) groups is 2. The van der Waals surface area contributed by atoms with Gasteiger partial charge in [0.15, 0.2) is 0 Å². The molecule has 0 unspecified atom stereocenters. The number of aryl methyl sites for hydroxylation is 1. The van der Waals surface area contributed by atoms with E-state index in [-0.39, 0.29) is 0 Å². The molecule has 1 rings (SSSR count). The lowest BCUT2D eigenvalue weighted by atomic mass is 10.2. The number of benzene rings is 1. The van der Waals surface area contributed by atoms with Crippen molar-refractivity contribution in [2.75, 3.05) is 18.6 Å². The Bertz CT molecular complexity index is 457. The van der Waals surface area contributed by atoms with Gasteiger partial charge in [0.2, 0.25) is 0 Å². The van der Waals surface area contributed by atoms with E-state index in [0.717, 1.165) is 5.75 Å². The fourth-order valence-corrected chi connectivity index (χ4v) is 1.67. The SMILES string of the molecule is C=CC[S+]([O-])CC=C.COc1ccc(C)cc1.O=C(O)O.O=C(O)O. The van der Waals surface area contributed by atoms with Crippen LogP contribution in [0.25, 0.3) is 0 Å². The van der Waals surface area contributed by atoms with Crippen LogP contribution in [0.1, 0.15) is 5.56 Å². The first-order valence-electron chi connectivity index (χ1n) is 6.61. The standard InChI is InChI=1S/C8H10O.C6H10OS.2CH2O3/c1-7-3-5-8(9-2)6-4-7;1-3-5-8(7)6-4-2;2*2-1(3)4/h3-6H,1-2H3;3-4H,1-2,5-6H2;2*(H2,2,3,4). The molecule has 1 aromatic rings. The van der Waals surface area contributed by atoms with E-state index in [9.17, 15) is 4.55 Å². The molecule has 0 amide bonds. The summed E-state index contributed by atoms with van der Waals surface area (Å²) in [6, 6.07) is 7.96. The predicted octanol–water partition coefficient (Wildman–Crippen LogP) is 3.56. The third-order valence-corrected chi connectivity index (χ3v) is 3.08. The Labute approximate surface area is 149 Å². The molecule has 0 atom stereocenters. The van der Waals surface area contributed by atoms with Crippen LogP contribution >= 0.6 is 0 Å². The first kappa shape index (κ1) is 27.2. The van der Waals surface area contributed by atoms with Crippen LogP contribution in [0.5, 0.6) is 5.75 Å². The zero-order chi connectivity index (χ0) is 20.3. The molecular formula is C16H24O8S. The van der Waals surface area contributed by atoms with Gasteiger partial charge in [0, 0.05) is 0 Å². The third-order valence-electron chi connectivity index (χ3n) is 1.86. The number of hydrogen-bond acceptors (Lipinski definition) is 4. The van der Waals surface area contributed by atoms with Crippen molar-refractivity contribution >= 4 is 23.5 Å². The van der Waals surface area contributed by atoms with E-state index < -0.39 is 23.5 Å². The summed E-state index contributed by atoms with van der Waals surface area (Å²) < 4.78 is 15.6. The van der Waals surface area contributed by atoms with Gasteiger partial charge in [-0.3, -0.25) is 0 Å². The molecule has 0 aliphatic rings. The van der Waals surface area contributed by atoms with Gasteiger partial charge >= 0.3 is 12.3 Å². The summed E-state index contributed by atoms with van der Waals surface area (Å²) in [6.45, 7) is 8.97. The Morgan fingerprint density at radius 2 is 1.36 bits per heavy atom. The van der Waals surface area contributed by atoms with Crippen molar-refractivity contribution in [1.29, 1.82) is 0 Å². The molecule has 25 heavy (non-hydrogen) atoms. The summed E-state index contributed by atoms with van der Waals surface area (Å²) in [4.78, 5) is 17.1. The van der Waals surface area contributed by atoms with Crippen molar-refractivity contribution in [2.45, 2.75) is 6.92 Å². The highest BCUT2D eigenvalue weighted by molar-refractivity contribution is 7.91. The molecule has 0 aliphatic carbocycles. The molecule has 4 N–H and O–H groups in total. The lowest BCUT2D eigenvalue weighted by Gasteiger charge is -2.03. The van der Waals surface area contributed by atoms with Crippen molar-refractivity contribution in [1.82, 2.24) is 0 Å². The minimum Gasteiger partial charge on any atom is -0.616 e. The summed E-state index contributed by atoms with van der Waals surface area (Å²) in [5.74, 6) is 2.07. The fourth-order valence-electron chi connectivity index (χ4n) is 1.01. The van der Waals surface area contributed by atoms with Crippen LogP contribution < -0.4 is 4.74 Å². The lowest BCUT2D eigenvalue weighted by molar-refractivity contribution is 0.135. The maximum Gasteiger partial charge on any atom is 0.503 e. The van der Waals surface area contributed by atoms with Gasteiger partial charge < -0.3 is 29.7 Å². The molecule has 0 saturated heterocycles. The minimum absolute atomic E-state index is 0.575. The minimum atomic E-state index is -1.83. The van der Waals surface area contributed by atoms with Gasteiger partial charge in [-0.2, -0.15) is 0 Å². The first-order valence-corrected chi connectivity index (χ1v) is 8.10. The van der Waals surface area contributed by atoms with Crippen LogP contribution in [0.3, 0.4) is 0 Å². The van der Waals surface area contributed by atoms with E-state index in [0.29, 0.717) is 11.5 Å². The number of rotatable bonds is 5. The number of ether oxygens (including phenoxy) is 1. The number of methoxy groups -OCH3 is 1. The molecular weight excluding hydrogens is 352 g/mol. The monoisotopic (exact) mass is 376 g/mol.